The lowest BCUT2D eigenvalue weighted by Crippen LogP contribution is -2.16. The van der Waals surface area contributed by atoms with Crippen molar-refractivity contribution in [2.24, 2.45) is 0 Å². The zero-order chi connectivity index (χ0) is 20.1. The number of nitro benzene ring substituents is 1. The number of nitrogens with zero attached hydrogens (tertiary/aromatic N) is 1. The van der Waals surface area contributed by atoms with Crippen LogP contribution < -0.4 is 15.1 Å². The van der Waals surface area contributed by atoms with E-state index in [-0.39, 0.29) is 18.0 Å². The predicted molar refractivity (Wildman–Crippen MR) is 97.4 cm³/mol. The van der Waals surface area contributed by atoms with E-state index < -0.39 is 23.1 Å². The molecule has 0 unspecified atom stereocenters. The van der Waals surface area contributed by atoms with Gasteiger partial charge >= 0.3 is 17.3 Å². The van der Waals surface area contributed by atoms with E-state index >= 15 is 0 Å². The Bertz CT molecular complexity index is 1090. The lowest BCUT2D eigenvalue weighted by atomic mass is 10.1. The molecule has 0 saturated heterocycles. The number of methoxy groups -OCH3 is 1. The van der Waals surface area contributed by atoms with Gasteiger partial charge in [-0.15, -0.1) is 0 Å². The molecule has 0 bridgehead atoms. The van der Waals surface area contributed by atoms with Crippen molar-refractivity contribution < 1.29 is 28.3 Å². The molecule has 0 spiro atoms. The average molecular weight is 385 g/mol. The number of ether oxygens (including phenoxy) is 3. The fourth-order valence-corrected chi connectivity index (χ4v) is 2.52. The van der Waals surface area contributed by atoms with Gasteiger partial charge in [0.05, 0.1) is 12.0 Å². The van der Waals surface area contributed by atoms with Crippen molar-refractivity contribution in [3.8, 4) is 11.5 Å². The second-order valence-corrected chi connectivity index (χ2v) is 5.63. The van der Waals surface area contributed by atoms with Crippen molar-refractivity contribution in [2.75, 3.05) is 13.7 Å². The molecule has 0 saturated carbocycles. The summed E-state index contributed by atoms with van der Waals surface area (Å²) < 4.78 is 20.5. The molecule has 0 aliphatic rings. The highest BCUT2D eigenvalue weighted by Crippen LogP contribution is 2.26. The summed E-state index contributed by atoms with van der Waals surface area (Å²) in [4.78, 5) is 34.0. The van der Waals surface area contributed by atoms with Crippen molar-refractivity contribution in [3.05, 3.63) is 74.6 Å². The van der Waals surface area contributed by atoms with Crippen LogP contribution in [-0.2, 0) is 16.1 Å². The van der Waals surface area contributed by atoms with E-state index in [4.69, 9.17) is 18.6 Å². The van der Waals surface area contributed by atoms with Crippen molar-refractivity contribution in [3.63, 3.8) is 0 Å². The molecular formula is C19H15NO8. The number of para-hydroxylation sites is 2. The van der Waals surface area contributed by atoms with Crippen molar-refractivity contribution >= 4 is 22.6 Å². The second-order valence-electron chi connectivity index (χ2n) is 5.63. The van der Waals surface area contributed by atoms with E-state index in [0.29, 0.717) is 22.3 Å². The minimum atomic E-state index is -0.743. The van der Waals surface area contributed by atoms with Crippen LogP contribution in [0.2, 0.25) is 0 Å². The number of hydrogen-bond donors (Lipinski definition) is 0. The molecule has 0 aliphatic heterocycles. The summed E-state index contributed by atoms with van der Waals surface area (Å²) in [7, 11) is 1.49. The van der Waals surface area contributed by atoms with Crippen LogP contribution in [0.25, 0.3) is 11.0 Å². The predicted octanol–water partition coefficient (Wildman–Crippen LogP) is 2.83. The molecule has 2 aromatic carbocycles. The Balaban J connectivity index is 1.68. The first-order valence-electron chi connectivity index (χ1n) is 8.10. The van der Waals surface area contributed by atoms with Crippen LogP contribution >= 0.6 is 0 Å². The summed E-state index contributed by atoms with van der Waals surface area (Å²) in [5.41, 5.74) is -0.0964. The zero-order valence-corrected chi connectivity index (χ0v) is 14.7. The number of esters is 1. The Morgan fingerprint density at radius 1 is 1.18 bits per heavy atom. The number of fused-ring (bicyclic) bond motifs is 1. The van der Waals surface area contributed by atoms with Crippen molar-refractivity contribution in [1.82, 2.24) is 0 Å². The first-order valence-corrected chi connectivity index (χ1v) is 8.10. The van der Waals surface area contributed by atoms with Crippen LogP contribution in [0.4, 0.5) is 5.69 Å². The van der Waals surface area contributed by atoms with Crippen LogP contribution in [0.5, 0.6) is 11.5 Å². The summed E-state index contributed by atoms with van der Waals surface area (Å²) in [5, 5.41) is 11.5. The Hall–Kier alpha value is -3.88. The summed E-state index contributed by atoms with van der Waals surface area (Å²) in [6.07, 6.45) is 0. The molecule has 0 N–H and O–H groups in total. The van der Waals surface area contributed by atoms with Gasteiger partial charge in [0.1, 0.15) is 17.9 Å². The molecule has 3 rings (SSSR count). The van der Waals surface area contributed by atoms with Crippen molar-refractivity contribution in [2.45, 2.75) is 6.61 Å². The highest BCUT2D eigenvalue weighted by Gasteiger charge is 2.16. The van der Waals surface area contributed by atoms with E-state index in [1.807, 2.05) is 0 Å². The highest BCUT2D eigenvalue weighted by atomic mass is 16.6. The van der Waals surface area contributed by atoms with E-state index in [2.05, 4.69) is 0 Å². The summed E-state index contributed by atoms with van der Waals surface area (Å²) >= 11 is 0. The molecule has 1 heterocycles. The van der Waals surface area contributed by atoms with Gasteiger partial charge in [-0.1, -0.05) is 12.1 Å². The Kier molecular flexibility index (Phi) is 5.54. The van der Waals surface area contributed by atoms with E-state index in [9.17, 15) is 19.7 Å². The van der Waals surface area contributed by atoms with Crippen LogP contribution in [0, 0.1) is 10.1 Å². The molecule has 9 heteroatoms. The lowest BCUT2D eigenvalue weighted by molar-refractivity contribution is -0.385. The SMILES string of the molecule is COc1ccc2c(COC(=O)COc3ccccc3[N+](=O)[O-])cc(=O)oc2c1. The quantitative estimate of drug-likeness (QED) is 0.264. The van der Waals surface area contributed by atoms with Gasteiger partial charge in [-0.2, -0.15) is 0 Å². The molecule has 1 aromatic heterocycles. The molecule has 0 radical (unpaired) electrons. The fourth-order valence-electron chi connectivity index (χ4n) is 2.52. The summed E-state index contributed by atoms with van der Waals surface area (Å²) in [6.45, 7) is -0.703. The molecular weight excluding hydrogens is 370 g/mol. The summed E-state index contributed by atoms with van der Waals surface area (Å²) in [5.74, 6) is -0.266. The average Bonchev–Trinajstić information content (AvgIpc) is 2.69. The van der Waals surface area contributed by atoms with Crippen molar-refractivity contribution in [1.29, 1.82) is 0 Å². The van der Waals surface area contributed by atoms with Gasteiger partial charge < -0.3 is 18.6 Å². The molecule has 0 atom stereocenters. The standard InChI is InChI=1S/C19H15NO8/c1-25-13-6-7-14-12(8-18(21)28-17(14)9-13)10-27-19(22)11-26-16-5-3-2-4-15(16)20(23)24/h2-9H,10-11H2,1H3. The summed E-state index contributed by atoms with van der Waals surface area (Å²) in [6, 6.07) is 11.8. The molecule has 0 fully saturated rings. The first kappa shape index (κ1) is 18.9. The van der Waals surface area contributed by atoms with Crippen LogP contribution in [-0.4, -0.2) is 24.6 Å². The number of benzene rings is 2. The van der Waals surface area contributed by atoms with E-state index in [1.165, 1.54) is 31.4 Å². The lowest BCUT2D eigenvalue weighted by Gasteiger charge is -2.09. The van der Waals surface area contributed by atoms with Gasteiger partial charge in [0.2, 0.25) is 0 Å². The van der Waals surface area contributed by atoms with Gasteiger partial charge in [-0.05, 0) is 18.2 Å². The maximum absolute atomic E-state index is 12.0. The van der Waals surface area contributed by atoms with Crippen LogP contribution in [0.15, 0.2) is 57.7 Å². The number of nitro groups is 1. The number of carbonyl (C=O) groups is 1. The monoisotopic (exact) mass is 385 g/mol. The molecule has 0 amide bonds. The highest BCUT2D eigenvalue weighted by molar-refractivity contribution is 5.81. The molecule has 9 nitrogen and oxygen atoms in total. The Labute approximate surface area is 158 Å². The van der Waals surface area contributed by atoms with Gasteiger partial charge in [-0.3, -0.25) is 10.1 Å². The number of hydrogen-bond acceptors (Lipinski definition) is 8. The zero-order valence-electron chi connectivity index (χ0n) is 14.7. The third-order valence-corrected chi connectivity index (χ3v) is 3.83. The second kappa shape index (κ2) is 8.21. The Morgan fingerprint density at radius 3 is 2.71 bits per heavy atom. The minimum absolute atomic E-state index is 0.0395. The van der Waals surface area contributed by atoms with Gasteiger partial charge in [0, 0.05) is 29.1 Å². The van der Waals surface area contributed by atoms with E-state index in [0.717, 1.165) is 0 Å². The van der Waals surface area contributed by atoms with Crippen LogP contribution in [0.3, 0.4) is 0 Å². The maximum Gasteiger partial charge on any atom is 0.344 e. The molecule has 144 valence electrons. The van der Waals surface area contributed by atoms with Gasteiger partial charge in [-0.25, -0.2) is 9.59 Å². The van der Waals surface area contributed by atoms with E-state index in [1.54, 1.807) is 24.3 Å². The molecule has 28 heavy (non-hydrogen) atoms. The largest absolute Gasteiger partial charge is 0.497 e. The number of carbonyl (C=O) groups excluding carboxylic acids is 1. The molecule has 3 aromatic rings. The number of rotatable bonds is 7. The molecule has 0 aliphatic carbocycles. The fraction of sp³-hybridized carbons (Fsp3) is 0.158. The normalized spacial score (nSPS) is 10.5. The maximum atomic E-state index is 12.0. The third kappa shape index (κ3) is 4.26. The first-order chi connectivity index (χ1) is 13.5. The minimum Gasteiger partial charge on any atom is -0.497 e. The smallest absolute Gasteiger partial charge is 0.344 e. The van der Waals surface area contributed by atoms with Crippen LogP contribution in [0.1, 0.15) is 5.56 Å². The van der Waals surface area contributed by atoms with Gasteiger partial charge in [0.25, 0.3) is 0 Å². The van der Waals surface area contributed by atoms with Gasteiger partial charge in [0.15, 0.2) is 12.4 Å². The Morgan fingerprint density at radius 2 is 1.96 bits per heavy atom. The third-order valence-electron chi connectivity index (χ3n) is 3.83. The topological polar surface area (TPSA) is 118 Å².